The Morgan fingerprint density at radius 3 is 3.20 bits per heavy atom. The summed E-state index contributed by atoms with van der Waals surface area (Å²) in [4.78, 5) is 13.8. The molecule has 106 valence electrons. The molecular formula is C16H19NO3. The van der Waals surface area contributed by atoms with E-state index in [-0.39, 0.29) is 12.0 Å². The maximum atomic E-state index is 12.1. The van der Waals surface area contributed by atoms with Crippen LogP contribution in [0, 0.1) is 0 Å². The van der Waals surface area contributed by atoms with Crippen molar-refractivity contribution >= 4 is 12.0 Å². The number of aliphatic hydroxyl groups is 1. The predicted octanol–water partition coefficient (Wildman–Crippen LogP) is 1.62. The van der Waals surface area contributed by atoms with Gasteiger partial charge in [0.05, 0.1) is 12.7 Å². The van der Waals surface area contributed by atoms with E-state index in [1.165, 1.54) is 5.56 Å². The second kappa shape index (κ2) is 5.67. The summed E-state index contributed by atoms with van der Waals surface area (Å²) in [5.41, 5.74) is 2.22. The first kappa shape index (κ1) is 13.2. The van der Waals surface area contributed by atoms with Gasteiger partial charge in [-0.1, -0.05) is 6.07 Å². The molecule has 0 saturated carbocycles. The van der Waals surface area contributed by atoms with Crippen molar-refractivity contribution in [1.29, 1.82) is 0 Å². The highest BCUT2D eigenvalue weighted by atomic mass is 16.5. The van der Waals surface area contributed by atoms with E-state index in [4.69, 9.17) is 4.74 Å². The molecule has 1 saturated heterocycles. The van der Waals surface area contributed by atoms with Gasteiger partial charge in [-0.2, -0.15) is 0 Å². The van der Waals surface area contributed by atoms with Crippen LogP contribution in [0.4, 0.5) is 0 Å². The normalized spacial score (nSPS) is 21.9. The molecule has 1 aromatic rings. The fourth-order valence-corrected chi connectivity index (χ4v) is 2.74. The van der Waals surface area contributed by atoms with Gasteiger partial charge in [-0.15, -0.1) is 0 Å². The first-order chi connectivity index (χ1) is 9.72. The molecule has 0 aliphatic carbocycles. The number of hydrogen-bond donors (Lipinski definition) is 1. The molecule has 1 aromatic carbocycles. The smallest absolute Gasteiger partial charge is 0.246 e. The van der Waals surface area contributed by atoms with Gasteiger partial charge in [0, 0.05) is 25.6 Å². The van der Waals surface area contributed by atoms with Crippen LogP contribution in [0.5, 0.6) is 5.75 Å². The number of piperidine rings is 1. The van der Waals surface area contributed by atoms with Crippen molar-refractivity contribution < 1.29 is 14.6 Å². The molecule has 4 heteroatoms. The van der Waals surface area contributed by atoms with Crippen molar-refractivity contribution in [2.24, 2.45) is 0 Å². The van der Waals surface area contributed by atoms with Crippen LogP contribution in [0.1, 0.15) is 24.0 Å². The number of likely N-dealkylation sites (tertiary alicyclic amines) is 1. The van der Waals surface area contributed by atoms with Crippen LogP contribution in [-0.2, 0) is 11.2 Å². The third-order valence-electron chi connectivity index (χ3n) is 3.84. The maximum absolute atomic E-state index is 12.1. The molecule has 0 aromatic heterocycles. The number of amides is 1. The minimum absolute atomic E-state index is 0.0273. The van der Waals surface area contributed by atoms with Crippen LogP contribution < -0.4 is 4.74 Å². The molecule has 20 heavy (non-hydrogen) atoms. The van der Waals surface area contributed by atoms with Gasteiger partial charge in [0.25, 0.3) is 0 Å². The Bertz CT molecular complexity index is 539. The second-order valence-electron chi connectivity index (χ2n) is 5.38. The van der Waals surface area contributed by atoms with E-state index >= 15 is 0 Å². The molecule has 1 amide bonds. The summed E-state index contributed by atoms with van der Waals surface area (Å²) in [6, 6.07) is 5.98. The number of β-amino-alcohol motifs (C(OH)–C–C–N with tert-alkyl or cyclic N) is 1. The lowest BCUT2D eigenvalue weighted by Gasteiger charge is -2.29. The molecule has 2 heterocycles. The average molecular weight is 273 g/mol. The van der Waals surface area contributed by atoms with E-state index in [2.05, 4.69) is 6.07 Å². The number of aliphatic hydroxyl groups excluding tert-OH is 1. The van der Waals surface area contributed by atoms with Gasteiger partial charge in [-0.3, -0.25) is 4.79 Å². The Morgan fingerprint density at radius 2 is 2.35 bits per heavy atom. The molecule has 2 aliphatic rings. The number of ether oxygens (including phenoxy) is 1. The highest BCUT2D eigenvalue weighted by molar-refractivity contribution is 5.91. The minimum Gasteiger partial charge on any atom is -0.493 e. The molecule has 1 atom stereocenters. The van der Waals surface area contributed by atoms with Gasteiger partial charge in [0.15, 0.2) is 0 Å². The van der Waals surface area contributed by atoms with E-state index in [1.54, 1.807) is 11.0 Å². The number of fused-ring (bicyclic) bond motifs is 1. The molecule has 3 rings (SSSR count). The zero-order chi connectivity index (χ0) is 13.9. The lowest BCUT2D eigenvalue weighted by Crippen LogP contribution is -2.41. The molecule has 0 spiro atoms. The lowest BCUT2D eigenvalue weighted by atomic mass is 10.1. The van der Waals surface area contributed by atoms with Crippen LogP contribution in [0.3, 0.4) is 0 Å². The number of benzene rings is 1. The Labute approximate surface area is 118 Å². The zero-order valence-electron chi connectivity index (χ0n) is 11.4. The molecular weight excluding hydrogens is 254 g/mol. The quantitative estimate of drug-likeness (QED) is 0.833. The van der Waals surface area contributed by atoms with Crippen molar-refractivity contribution in [1.82, 2.24) is 4.90 Å². The molecule has 0 bridgehead atoms. The fourth-order valence-electron chi connectivity index (χ4n) is 2.74. The number of carbonyl (C=O) groups excluding carboxylic acids is 1. The van der Waals surface area contributed by atoms with Crippen LogP contribution >= 0.6 is 0 Å². The molecule has 0 radical (unpaired) electrons. The summed E-state index contributed by atoms with van der Waals surface area (Å²) in [5.74, 6) is 0.924. The van der Waals surface area contributed by atoms with Gasteiger partial charge in [0.2, 0.25) is 5.91 Å². The van der Waals surface area contributed by atoms with Crippen molar-refractivity contribution in [3.63, 3.8) is 0 Å². The van der Waals surface area contributed by atoms with Crippen molar-refractivity contribution in [3.05, 3.63) is 35.4 Å². The van der Waals surface area contributed by atoms with Crippen LogP contribution in [0.15, 0.2) is 24.3 Å². The van der Waals surface area contributed by atoms with E-state index in [0.717, 1.165) is 43.7 Å². The van der Waals surface area contributed by atoms with E-state index in [0.29, 0.717) is 6.54 Å². The maximum Gasteiger partial charge on any atom is 0.246 e. The summed E-state index contributed by atoms with van der Waals surface area (Å²) < 4.78 is 5.46. The summed E-state index contributed by atoms with van der Waals surface area (Å²) in [6.07, 6.45) is 5.65. The number of nitrogens with zero attached hydrogens (tertiary/aromatic N) is 1. The van der Waals surface area contributed by atoms with Crippen LogP contribution in [0.2, 0.25) is 0 Å². The standard InChI is InChI=1S/C16H19NO3/c18-14-2-1-8-17(11-14)16(19)6-4-12-3-5-15-13(10-12)7-9-20-15/h3-6,10,14,18H,1-2,7-9,11H2/b6-4+/t14-/m0/s1. The highest BCUT2D eigenvalue weighted by Crippen LogP contribution is 2.26. The minimum atomic E-state index is -0.377. The zero-order valence-corrected chi connectivity index (χ0v) is 11.4. The Hall–Kier alpha value is -1.81. The Balaban J connectivity index is 1.66. The molecule has 1 fully saturated rings. The largest absolute Gasteiger partial charge is 0.493 e. The van der Waals surface area contributed by atoms with E-state index < -0.39 is 0 Å². The van der Waals surface area contributed by atoms with Gasteiger partial charge >= 0.3 is 0 Å². The Kier molecular flexibility index (Phi) is 3.74. The topological polar surface area (TPSA) is 49.8 Å². The van der Waals surface area contributed by atoms with Crippen LogP contribution in [0.25, 0.3) is 6.08 Å². The van der Waals surface area contributed by atoms with Gasteiger partial charge in [0.1, 0.15) is 5.75 Å². The fraction of sp³-hybridized carbons (Fsp3) is 0.438. The first-order valence-corrected chi connectivity index (χ1v) is 7.13. The van der Waals surface area contributed by atoms with E-state index in [9.17, 15) is 9.90 Å². The summed E-state index contributed by atoms with van der Waals surface area (Å²) >= 11 is 0. The SMILES string of the molecule is O=C(/C=C/c1ccc2c(c1)CCO2)N1CCC[C@H](O)C1. The molecule has 1 N–H and O–H groups in total. The molecule has 0 unspecified atom stereocenters. The second-order valence-corrected chi connectivity index (χ2v) is 5.38. The summed E-state index contributed by atoms with van der Waals surface area (Å²) in [7, 11) is 0. The van der Waals surface area contributed by atoms with Gasteiger partial charge in [-0.25, -0.2) is 0 Å². The average Bonchev–Trinajstić information content (AvgIpc) is 2.92. The monoisotopic (exact) mass is 273 g/mol. The van der Waals surface area contributed by atoms with Crippen molar-refractivity contribution in [3.8, 4) is 5.75 Å². The predicted molar refractivity (Wildman–Crippen MR) is 76.5 cm³/mol. The number of hydrogen-bond acceptors (Lipinski definition) is 3. The van der Waals surface area contributed by atoms with Gasteiger partial charge < -0.3 is 14.7 Å². The van der Waals surface area contributed by atoms with Crippen molar-refractivity contribution in [2.75, 3.05) is 19.7 Å². The Morgan fingerprint density at radius 1 is 1.45 bits per heavy atom. The van der Waals surface area contributed by atoms with Crippen molar-refractivity contribution in [2.45, 2.75) is 25.4 Å². The number of rotatable bonds is 2. The van der Waals surface area contributed by atoms with Gasteiger partial charge in [-0.05, 0) is 42.2 Å². The summed E-state index contributed by atoms with van der Waals surface area (Å²) in [5, 5.41) is 9.59. The molecule has 2 aliphatic heterocycles. The third-order valence-corrected chi connectivity index (χ3v) is 3.84. The third kappa shape index (κ3) is 2.85. The molecule has 4 nitrogen and oxygen atoms in total. The lowest BCUT2D eigenvalue weighted by molar-refractivity contribution is -0.128. The van der Waals surface area contributed by atoms with E-state index in [1.807, 2.05) is 18.2 Å². The number of carbonyl (C=O) groups is 1. The first-order valence-electron chi connectivity index (χ1n) is 7.13. The van der Waals surface area contributed by atoms with Crippen LogP contribution in [-0.4, -0.2) is 41.7 Å². The highest BCUT2D eigenvalue weighted by Gasteiger charge is 2.20. The summed E-state index contributed by atoms with van der Waals surface area (Å²) in [6.45, 7) is 1.92.